The largest absolute Gasteiger partial charge is 0.493 e. The summed E-state index contributed by atoms with van der Waals surface area (Å²) in [4.78, 5) is 0. The van der Waals surface area contributed by atoms with Crippen molar-refractivity contribution in [2.45, 2.75) is 32.1 Å². The number of rotatable bonds is 6. The lowest BCUT2D eigenvalue weighted by atomic mass is 10.2. The quantitative estimate of drug-likeness (QED) is 0.866. The molecular weight excluding hydrogens is 278 g/mol. The van der Waals surface area contributed by atoms with Crippen LogP contribution in [0.4, 0.5) is 0 Å². The van der Waals surface area contributed by atoms with Gasteiger partial charge in [-0.25, -0.2) is 8.42 Å². The molecule has 0 amide bonds. The molecule has 0 saturated carbocycles. The molecule has 0 radical (unpaired) electrons. The second-order valence-electron chi connectivity index (χ2n) is 5.47. The van der Waals surface area contributed by atoms with Gasteiger partial charge in [-0.2, -0.15) is 0 Å². The highest BCUT2D eigenvalue weighted by Crippen LogP contribution is 2.28. The number of nitrogens with two attached hydrogens (primary N) is 1. The van der Waals surface area contributed by atoms with Crippen molar-refractivity contribution in [2.24, 2.45) is 5.73 Å². The molecule has 20 heavy (non-hydrogen) atoms. The van der Waals surface area contributed by atoms with Crippen molar-refractivity contribution in [1.82, 2.24) is 0 Å². The van der Waals surface area contributed by atoms with E-state index >= 15 is 0 Å². The van der Waals surface area contributed by atoms with Crippen molar-refractivity contribution < 1.29 is 17.9 Å². The number of hydrogen-bond acceptors (Lipinski definition) is 5. The fourth-order valence-electron chi connectivity index (χ4n) is 1.53. The molecule has 0 aliphatic heterocycles. The van der Waals surface area contributed by atoms with Crippen molar-refractivity contribution in [2.75, 3.05) is 19.5 Å². The van der Waals surface area contributed by atoms with E-state index in [-0.39, 0.29) is 12.4 Å². The molecule has 0 atom stereocenters. The Bertz CT molecular complexity index is 547. The van der Waals surface area contributed by atoms with Gasteiger partial charge in [-0.05, 0) is 38.5 Å². The van der Waals surface area contributed by atoms with Gasteiger partial charge in [-0.3, -0.25) is 0 Å². The van der Waals surface area contributed by atoms with Gasteiger partial charge in [0.05, 0.1) is 17.6 Å². The van der Waals surface area contributed by atoms with Crippen LogP contribution in [0.3, 0.4) is 0 Å². The zero-order valence-corrected chi connectivity index (χ0v) is 13.3. The molecule has 0 saturated heterocycles. The van der Waals surface area contributed by atoms with E-state index in [1.54, 1.807) is 32.9 Å². The molecule has 0 fully saturated rings. The van der Waals surface area contributed by atoms with Gasteiger partial charge in [0.15, 0.2) is 21.3 Å². The standard InChI is InChI=1S/C14H23NO4S/c1-14(2,3)20(16,17)8-7-19-12-6-5-11(10-15)9-13(12)18-4/h5-6,9H,7-8,10,15H2,1-4H3. The minimum absolute atomic E-state index is 0.0295. The molecule has 0 aromatic heterocycles. The van der Waals surface area contributed by atoms with Gasteiger partial charge in [0.25, 0.3) is 0 Å². The maximum absolute atomic E-state index is 12.0. The lowest BCUT2D eigenvalue weighted by Gasteiger charge is -2.19. The van der Waals surface area contributed by atoms with Crippen molar-refractivity contribution in [3.8, 4) is 11.5 Å². The smallest absolute Gasteiger partial charge is 0.161 e. The SMILES string of the molecule is COc1cc(CN)ccc1OCCS(=O)(=O)C(C)(C)C. The molecule has 114 valence electrons. The fourth-order valence-corrected chi connectivity index (χ4v) is 2.44. The third-order valence-corrected chi connectivity index (χ3v) is 5.58. The van der Waals surface area contributed by atoms with Crippen LogP contribution in [0.15, 0.2) is 18.2 Å². The monoisotopic (exact) mass is 301 g/mol. The van der Waals surface area contributed by atoms with Crippen LogP contribution >= 0.6 is 0 Å². The van der Waals surface area contributed by atoms with E-state index in [4.69, 9.17) is 15.2 Å². The summed E-state index contributed by atoms with van der Waals surface area (Å²) in [5, 5.41) is 0. The molecule has 2 N–H and O–H groups in total. The first-order valence-electron chi connectivity index (χ1n) is 6.43. The highest BCUT2D eigenvalue weighted by atomic mass is 32.2. The molecule has 6 heteroatoms. The third-order valence-electron chi connectivity index (χ3n) is 3.01. The molecule has 0 bridgehead atoms. The Kier molecular flexibility index (Phi) is 5.42. The van der Waals surface area contributed by atoms with Gasteiger partial charge in [0, 0.05) is 6.54 Å². The number of ether oxygens (including phenoxy) is 2. The van der Waals surface area contributed by atoms with Gasteiger partial charge >= 0.3 is 0 Å². The number of hydrogen-bond donors (Lipinski definition) is 1. The zero-order valence-electron chi connectivity index (χ0n) is 12.5. The second-order valence-corrected chi connectivity index (χ2v) is 8.33. The minimum Gasteiger partial charge on any atom is -0.493 e. The van der Waals surface area contributed by atoms with Crippen LogP contribution < -0.4 is 15.2 Å². The van der Waals surface area contributed by atoms with Gasteiger partial charge in [-0.1, -0.05) is 6.07 Å². The first-order chi connectivity index (χ1) is 9.21. The normalized spacial score (nSPS) is 12.2. The highest BCUT2D eigenvalue weighted by molar-refractivity contribution is 7.92. The molecule has 1 aromatic carbocycles. The van der Waals surface area contributed by atoms with Crippen molar-refractivity contribution in [3.63, 3.8) is 0 Å². The number of sulfone groups is 1. The number of methoxy groups -OCH3 is 1. The maximum Gasteiger partial charge on any atom is 0.161 e. The average Bonchev–Trinajstić information content (AvgIpc) is 2.37. The van der Waals surface area contributed by atoms with Crippen LogP contribution in [0.1, 0.15) is 26.3 Å². The molecule has 5 nitrogen and oxygen atoms in total. The van der Waals surface area contributed by atoms with E-state index in [9.17, 15) is 8.42 Å². The summed E-state index contributed by atoms with van der Waals surface area (Å²) < 4.78 is 33.9. The Hall–Kier alpha value is -1.27. The van der Waals surface area contributed by atoms with Crippen LogP contribution in [-0.2, 0) is 16.4 Å². The topological polar surface area (TPSA) is 78.6 Å². The van der Waals surface area contributed by atoms with Crippen molar-refractivity contribution >= 4 is 9.84 Å². The molecule has 1 rings (SSSR count). The molecule has 0 aliphatic carbocycles. The van der Waals surface area contributed by atoms with Crippen LogP contribution in [-0.4, -0.2) is 32.6 Å². The Morgan fingerprint density at radius 3 is 2.35 bits per heavy atom. The predicted octanol–water partition coefficient (Wildman–Crippen LogP) is 1.75. The predicted molar refractivity (Wildman–Crippen MR) is 79.9 cm³/mol. The molecule has 1 aromatic rings. The summed E-state index contributed by atoms with van der Waals surface area (Å²) >= 11 is 0. The summed E-state index contributed by atoms with van der Waals surface area (Å²) in [5.41, 5.74) is 6.48. The highest BCUT2D eigenvalue weighted by Gasteiger charge is 2.28. The summed E-state index contributed by atoms with van der Waals surface area (Å²) in [7, 11) is -1.65. The third kappa shape index (κ3) is 4.11. The summed E-state index contributed by atoms with van der Waals surface area (Å²) in [6.45, 7) is 5.55. The molecule has 0 spiro atoms. The second kappa shape index (κ2) is 6.45. The first kappa shape index (κ1) is 16.8. The van der Waals surface area contributed by atoms with E-state index in [1.807, 2.05) is 6.07 Å². The molecular formula is C14H23NO4S. The van der Waals surface area contributed by atoms with E-state index in [0.717, 1.165) is 5.56 Å². The summed E-state index contributed by atoms with van der Waals surface area (Å²) in [6.07, 6.45) is 0. The van der Waals surface area contributed by atoms with E-state index in [2.05, 4.69) is 0 Å². The van der Waals surface area contributed by atoms with E-state index in [1.165, 1.54) is 7.11 Å². The lowest BCUT2D eigenvalue weighted by molar-refractivity contribution is 0.310. The fraction of sp³-hybridized carbons (Fsp3) is 0.571. The van der Waals surface area contributed by atoms with E-state index in [0.29, 0.717) is 18.0 Å². The van der Waals surface area contributed by atoms with Gasteiger partial charge in [0.1, 0.15) is 6.61 Å². The van der Waals surface area contributed by atoms with Crippen LogP contribution in [0, 0.1) is 0 Å². The Labute approximate surface area is 121 Å². The van der Waals surface area contributed by atoms with Crippen LogP contribution in [0.5, 0.6) is 11.5 Å². The zero-order chi connectivity index (χ0) is 15.4. The maximum atomic E-state index is 12.0. The number of benzene rings is 1. The van der Waals surface area contributed by atoms with Crippen molar-refractivity contribution in [1.29, 1.82) is 0 Å². The van der Waals surface area contributed by atoms with Crippen LogP contribution in [0.25, 0.3) is 0 Å². The van der Waals surface area contributed by atoms with E-state index < -0.39 is 14.6 Å². The van der Waals surface area contributed by atoms with Gasteiger partial charge in [0.2, 0.25) is 0 Å². The Balaban J connectivity index is 2.72. The summed E-state index contributed by atoms with van der Waals surface area (Å²) in [5.74, 6) is 1.05. The minimum atomic E-state index is -3.19. The average molecular weight is 301 g/mol. The van der Waals surface area contributed by atoms with Crippen molar-refractivity contribution in [3.05, 3.63) is 23.8 Å². The molecule has 0 unspecified atom stereocenters. The Morgan fingerprint density at radius 2 is 1.85 bits per heavy atom. The first-order valence-corrected chi connectivity index (χ1v) is 8.08. The van der Waals surface area contributed by atoms with Gasteiger partial charge in [-0.15, -0.1) is 0 Å². The van der Waals surface area contributed by atoms with Gasteiger partial charge < -0.3 is 15.2 Å². The lowest BCUT2D eigenvalue weighted by Crippen LogP contribution is -2.32. The molecule has 0 heterocycles. The summed E-state index contributed by atoms with van der Waals surface area (Å²) in [6, 6.07) is 5.36. The molecule has 0 aliphatic rings. The Morgan fingerprint density at radius 1 is 1.20 bits per heavy atom. The van der Waals surface area contributed by atoms with Crippen LogP contribution in [0.2, 0.25) is 0 Å².